The van der Waals surface area contributed by atoms with Crippen LogP contribution in [0.5, 0.6) is 0 Å². The predicted octanol–water partition coefficient (Wildman–Crippen LogP) is 4.11. The van der Waals surface area contributed by atoms with E-state index in [1.807, 2.05) is 0 Å². The quantitative estimate of drug-likeness (QED) is 0.901. The fourth-order valence-corrected chi connectivity index (χ4v) is 2.53. The number of benzene rings is 2. The monoisotopic (exact) mass is 329 g/mol. The minimum absolute atomic E-state index is 0.0889. The van der Waals surface area contributed by atoms with Gasteiger partial charge in [-0.3, -0.25) is 0 Å². The highest BCUT2D eigenvalue weighted by Crippen LogP contribution is 2.27. The summed E-state index contributed by atoms with van der Waals surface area (Å²) in [5.41, 5.74) is 6.44. The summed E-state index contributed by atoms with van der Waals surface area (Å²) in [5.74, 6) is -1.78. The van der Waals surface area contributed by atoms with Gasteiger partial charge >= 0.3 is 0 Å². The largest absolute Gasteiger partial charge is 0.324 e. The lowest BCUT2D eigenvalue weighted by molar-refractivity contribution is 0.549. The van der Waals surface area contributed by atoms with Gasteiger partial charge in [-0.15, -0.1) is 0 Å². The molecule has 100 valence electrons. The zero-order valence-corrected chi connectivity index (χ0v) is 11.4. The van der Waals surface area contributed by atoms with E-state index >= 15 is 0 Å². The van der Waals surface area contributed by atoms with Crippen LogP contribution in [0.1, 0.15) is 17.2 Å². The van der Waals surface area contributed by atoms with Crippen LogP contribution in [-0.2, 0) is 6.42 Å². The van der Waals surface area contributed by atoms with Gasteiger partial charge in [-0.25, -0.2) is 13.2 Å². The second-order valence-corrected chi connectivity index (χ2v) is 5.04. The van der Waals surface area contributed by atoms with E-state index in [2.05, 4.69) is 15.9 Å². The van der Waals surface area contributed by atoms with E-state index < -0.39 is 23.5 Å². The Kier molecular flexibility index (Phi) is 4.27. The summed E-state index contributed by atoms with van der Waals surface area (Å²) in [7, 11) is 0. The Bertz CT molecular complexity index is 581. The molecule has 0 heterocycles. The Morgan fingerprint density at radius 2 is 1.79 bits per heavy atom. The zero-order valence-electron chi connectivity index (χ0n) is 9.84. The van der Waals surface area contributed by atoms with Crippen LogP contribution in [0.15, 0.2) is 40.9 Å². The molecule has 2 aromatic carbocycles. The van der Waals surface area contributed by atoms with Crippen molar-refractivity contribution in [2.75, 3.05) is 0 Å². The maximum absolute atomic E-state index is 13.7. The van der Waals surface area contributed by atoms with E-state index in [1.165, 1.54) is 12.1 Å². The van der Waals surface area contributed by atoms with Gasteiger partial charge in [0.05, 0.1) is 0 Å². The van der Waals surface area contributed by atoms with Crippen LogP contribution in [0.2, 0.25) is 0 Å². The molecule has 1 atom stereocenters. The van der Waals surface area contributed by atoms with E-state index in [0.717, 1.165) is 12.1 Å². The standard InChI is InChI=1S/C14H11BrF3N/c15-10-2-1-3-11(17)14(10)13(19)6-8-4-5-9(16)7-12(8)18/h1-5,7,13H,6,19H2. The van der Waals surface area contributed by atoms with Crippen molar-refractivity contribution in [3.63, 3.8) is 0 Å². The molecule has 0 amide bonds. The Morgan fingerprint density at radius 3 is 2.42 bits per heavy atom. The van der Waals surface area contributed by atoms with Crippen LogP contribution in [0.3, 0.4) is 0 Å². The normalized spacial score (nSPS) is 12.5. The molecule has 0 aliphatic heterocycles. The molecule has 0 radical (unpaired) electrons. The van der Waals surface area contributed by atoms with Gasteiger partial charge in [0.25, 0.3) is 0 Å². The lowest BCUT2D eigenvalue weighted by atomic mass is 9.99. The van der Waals surface area contributed by atoms with E-state index in [4.69, 9.17) is 5.73 Å². The van der Waals surface area contributed by atoms with Crippen LogP contribution >= 0.6 is 15.9 Å². The molecule has 2 aromatic rings. The highest BCUT2D eigenvalue weighted by atomic mass is 79.9. The molecule has 0 spiro atoms. The molecule has 0 saturated carbocycles. The SMILES string of the molecule is NC(Cc1ccc(F)cc1F)c1c(F)cccc1Br. The summed E-state index contributed by atoms with van der Waals surface area (Å²) >= 11 is 3.22. The van der Waals surface area contributed by atoms with Gasteiger partial charge in [-0.05, 0) is 30.2 Å². The molecule has 19 heavy (non-hydrogen) atoms. The van der Waals surface area contributed by atoms with Crippen molar-refractivity contribution in [2.45, 2.75) is 12.5 Å². The summed E-state index contributed by atoms with van der Waals surface area (Å²) in [6, 6.07) is 7.06. The van der Waals surface area contributed by atoms with E-state index in [1.54, 1.807) is 12.1 Å². The van der Waals surface area contributed by atoms with Gasteiger partial charge in [0.2, 0.25) is 0 Å². The van der Waals surface area contributed by atoms with Crippen LogP contribution in [0, 0.1) is 17.5 Å². The Hall–Kier alpha value is -1.33. The summed E-state index contributed by atoms with van der Waals surface area (Å²) in [4.78, 5) is 0. The van der Waals surface area contributed by atoms with Gasteiger partial charge in [-0.1, -0.05) is 28.1 Å². The van der Waals surface area contributed by atoms with Crippen LogP contribution in [0.4, 0.5) is 13.2 Å². The zero-order chi connectivity index (χ0) is 14.0. The molecule has 0 aliphatic carbocycles. The molecule has 0 bridgehead atoms. The molecular weight excluding hydrogens is 319 g/mol. The second kappa shape index (κ2) is 5.75. The first-order chi connectivity index (χ1) is 8.99. The van der Waals surface area contributed by atoms with E-state index in [0.29, 0.717) is 4.47 Å². The van der Waals surface area contributed by atoms with Crippen LogP contribution in [-0.4, -0.2) is 0 Å². The average molecular weight is 330 g/mol. The maximum atomic E-state index is 13.7. The van der Waals surface area contributed by atoms with Gasteiger partial charge in [0.1, 0.15) is 17.5 Å². The fourth-order valence-electron chi connectivity index (χ4n) is 1.89. The van der Waals surface area contributed by atoms with Crippen molar-refractivity contribution in [3.05, 3.63) is 69.4 Å². The van der Waals surface area contributed by atoms with Gasteiger partial charge in [0.15, 0.2) is 0 Å². The molecule has 1 nitrogen and oxygen atoms in total. The molecule has 5 heteroatoms. The van der Waals surface area contributed by atoms with Crippen molar-refractivity contribution in [1.82, 2.24) is 0 Å². The number of rotatable bonds is 3. The number of halogens is 4. The van der Waals surface area contributed by atoms with Gasteiger partial charge < -0.3 is 5.73 Å². The van der Waals surface area contributed by atoms with Crippen molar-refractivity contribution < 1.29 is 13.2 Å². The topological polar surface area (TPSA) is 26.0 Å². The summed E-state index contributed by atoms with van der Waals surface area (Å²) in [6.07, 6.45) is 0.0889. The molecule has 2 rings (SSSR count). The van der Waals surface area contributed by atoms with Crippen molar-refractivity contribution in [2.24, 2.45) is 5.73 Å². The molecule has 0 aromatic heterocycles. The highest BCUT2D eigenvalue weighted by molar-refractivity contribution is 9.10. The lowest BCUT2D eigenvalue weighted by Crippen LogP contribution is -2.16. The fraction of sp³-hybridized carbons (Fsp3) is 0.143. The molecule has 0 aliphatic rings. The maximum Gasteiger partial charge on any atom is 0.129 e. The molecule has 0 fully saturated rings. The third-order valence-corrected chi connectivity index (χ3v) is 3.52. The van der Waals surface area contributed by atoms with Gasteiger partial charge in [-0.2, -0.15) is 0 Å². The summed E-state index contributed by atoms with van der Waals surface area (Å²) in [5, 5.41) is 0. The van der Waals surface area contributed by atoms with Crippen molar-refractivity contribution >= 4 is 15.9 Å². The molecule has 1 unspecified atom stereocenters. The predicted molar refractivity (Wildman–Crippen MR) is 71.1 cm³/mol. The highest BCUT2D eigenvalue weighted by Gasteiger charge is 2.17. The first-order valence-corrected chi connectivity index (χ1v) is 6.41. The lowest BCUT2D eigenvalue weighted by Gasteiger charge is -2.15. The summed E-state index contributed by atoms with van der Waals surface area (Å²) < 4.78 is 40.6. The third-order valence-electron chi connectivity index (χ3n) is 2.83. The van der Waals surface area contributed by atoms with E-state index in [9.17, 15) is 13.2 Å². The molecule has 2 N–H and O–H groups in total. The smallest absolute Gasteiger partial charge is 0.129 e. The minimum Gasteiger partial charge on any atom is -0.324 e. The Morgan fingerprint density at radius 1 is 1.05 bits per heavy atom. The molecular formula is C14H11BrF3N. The van der Waals surface area contributed by atoms with Crippen LogP contribution < -0.4 is 5.73 Å². The first-order valence-electron chi connectivity index (χ1n) is 5.62. The van der Waals surface area contributed by atoms with Crippen LogP contribution in [0.25, 0.3) is 0 Å². The van der Waals surface area contributed by atoms with E-state index in [-0.39, 0.29) is 17.5 Å². The van der Waals surface area contributed by atoms with Gasteiger partial charge in [0, 0.05) is 22.1 Å². The Labute approximate surface area is 117 Å². The number of hydrogen-bond donors (Lipinski definition) is 1. The average Bonchev–Trinajstić information content (AvgIpc) is 2.32. The van der Waals surface area contributed by atoms with Crippen molar-refractivity contribution in [1.29, 1.82) is 0 Å². The first kappa shape index (κ1) is 14.1. The number of nitrogens with two attached hydrogens (primary N) is 1. The number of hydrogen-bond acceptors (Lipinski definition) is 1. The third kappa shape index (κ3) is 3.16. The summed E-state index contributed by atoms with van der Waals surface area (Å²) in [6.45, 7) is 0. The minimum atomic E-state index is -0.712. The molecule has 0 saturated heterocycles. The second-order valence-electron chi connectivity index (χ2n) is 4.18. The Balaban J connectivity index is 2.28. The van der Waals surface area contributed by atoms with Crippen molar-refractivity contribution in [3.8, 4) is 0 Å².